The zero-order chi connectivity index (χ0) is 18.5. The van der Waals surface area contributed by atoms with Gasteiger partial charge in [0.15, 0.2) is 0 Å². The molecular formula is C23H30O3. The van der Waals surface area contributed by atoms with Gasteiger partial charge in [0, 0.05) is 19.3 Å². The van der Waals surface area contributed by atoms with Crippen molar-refractivity contribution < 1.29 is 14.3 Å². The second kappa shape index (κ2) is 6.51. The highest BCUT2D eigenvalue weighted by atomic mass is 16.5. The normalized spacial score (nSPS) is 33.6. The van der Waals surface area contributed by atoms with Crippen molar-refractivity contribution in [1.29, 1.82) is 0 Å². The Balaban J connectivity index is 1.64. The van der Waals surface area contributed by atoms with Gasteiger partial charge in [0.05, 0.1) is 0 Å². The van der Waals surface area contributed by atoms with Crippen molar-refractivity contribution in [2.75, 3.05) is 0 Å². The van der Waals surface area contributed by atoms with Crippen LogP contribution in [0.25, 0.3) is 0 Å². The molecule has 0 N–H and O–H groups in total. The van der Waals surface area contributed by atoms with Crippen molar-refractivity contribution in [1.82, 2.24) is 0 Å². The standard InChI is InChI=1S/C23H30O3/c1-14(13-24)21-8-9-22-20-6-4-16-12-17(26-15(2)25)5-7-18(16)19(20)10-11-23(21,22)3/h4,6,13-14,17,21-22H,5,7-12H2,1-3H3/t14-,17-,21+,22-,23+/m0/s1. The van der Waals surface area contributed by atoms with Gasteiger partial charge in [0.2, 0.25) is 0 Å². The van der Waals surface area contributed by atoms with Crippen molar-refractivity contribution in [2.24, 2.45) is 17.3 Å². The van der Waals surface area contributed by atoms with Crippen LogP contribution in [0.3, 0.4) is 0 Å². The Kier molecular flexibility index (Phi) is 4.45. The summed E-state index contributed by atoms with van der Waals surface area (Å²) in [5.74, 6) is 1.10. The van der Waals surface area contributed by atoms with Crippen LogP contribution in [0, 0.1) is 17.3 Å². The SMILES string of the molecule is CC(=O)O[C@H]1CCc2c(ccc3c2CC[C@]2(C)[C@@H]([C@@H](C)C=O)CC[C@@H]32)C1. The molecule has 0 spiro atoms. The fourth-order valence-corrected chi connectivity index (χ4v) is 6.36. The third-order valence-corrected chi connectivity index (χ3v) is 7.61. The van der Waals surface area contributed by atoms with Gasteiger partial charge >= 0.3 is 5.97 Å². The molecule has 5 atom stereocenters. The van der Waals surface area contributed by atoms with E-state index in [1.54, 1.807) is 11.1 Å². The quantitative estimate of drug-likeness (QED) is 0.597. The summed E-state index contributed by atoms with van der Waals surface area (Å²) in [4.78, 5) is 22.7. The Hall–Kier alpha value is -1.64. The summed E-state index contributed by atoms with van der Waals surface area (Å²) in [6.45, 7) is 6.03. The van der Waals surface area contributed by atoms with Gasteiger partial charge < -0.3 is 9.53 Å². The molecule has 0 heterocycles. The first-order chi connectivity index (χ1) is 12.4. The lowest BCUT2D eigenvalue weighted by atomic mass is 9.60. The Morgan fingerprint density at radius 3 is 2.77 bits per heavy atom. The number of esters is 1. The Labute approximate surface area is 156 Å². The van der Waals surface area contributed by atoms with Crippen LogP contribution in [0.4, 0.5) is 0 Å². The molecule has 26 heavy (non-hydrogen) atoms. The number of fused-ring (bicyclic) bond motifs is 5. The Bertz CT molecular complexity index is 737. The van der Waals surface area contributed by atoms with Crippen LogP contribution >= 0.6 is 0 Å². The van der Waals surface area contributed by atoms with E-state index in [2.05, 4.69) is 26.0 Å². The molecule has 1 aromatic rings. The van der Waals surface area contributed by atoms with E-state index in [0.717, 1.165) is 32.0 Å². The number of hydrogen-bond donors (Lipinski definition) is 0. The van der Waals surface area contributed by atoms with E-state index in [9.17, 15) is 9.59 Å². The van der Waals surface area contributed by atoms with E-state index in [1.165, 1.54) is 37.3 Å². The first kappa shape index (κ1) is 17.8. The van der Waals surface area contributed by atoms with Crippen LogP contribution in [0.2, 0.25) is 0 Å². The van der Waals surface area contributed by atoms with Gasteiger partial charge in [0.25, 0.3) is 0 Å². The highest BCUT2D eigenvalue weighted by Crippen LogP contribution is 2.60. The lowest BCUT2D eigenvalue weighted by Gasteiger charge is -2.44. The summed E-state index contributed by atoms with van der Waals surface area (Å²) in [7, 11) is 0. The summed E-state index contributed by atoms with van der Waals surface area (Å²) in [6.07, 6.45) is 8.72. The fourth-order valence-electron chi connectivity index (χ4n) is 6.36. The summed E-state index contributed by atoms with van der Waals surface area (Å²) >= 11 is 0. The van der Waals surface area contributed by atoms with Gasteiger partial charge in [-0.1, -0.05) is 26.0 Å². The largest absolute Gasteiger partial charge is 0.462 e. The van der Waals surface area contributed by atoms with Crippen LogP contribution in [0.1, 0.15) is 74.6 Å². The van der Waals surface area contributed by atoms with E-state index in [4.69, 9.17) is 4.74 Å². The number of carbonyl (C=O) groups is 2. The minimum Gasteiger partial charge on any atom is -0.462 e. The first-order valence-corrected chi connectivity index (χ1v) is 10.2. The smallest absolute Gasteiger partial charge is 0.302 e. The van der Waals surface area contributed by atoms with Gasteiger partial charge in [-0.2, -0.15) is 0 Å². The summed E-state index contributed by atoms with van der Waals surface area (Å²) in [5, 5.41) is 0. The molecule has 0 saturated heterocycles. The molecule has 0 aromatic heterocycles. The maximum atomic E-state index is 11.4. The monoisotopic (exact) mass is 354 g/mol. The number of aldehydes is 1. The summed E-state index contributed by atoms with van der Waals surface area (Å²) in [5.41, 5.74) is 6.28. The number of rotatable bonds is 3. The summed E-state index contributed by atoms with van der Waals surface area (Å²) in [6, 6.07) is 4.63. The lowest BCUT2D eigenvalue weighted by Crippen LogP contribution is -2.36. The van der Waals surface area contributed by atoms with Gasteiger partial charge in [0.1, 0.15) is 12.4 Å². The number of hydrogen-bond acceptors (Lipinski definition) is 3. The molecule has 0 unspecified atom stereocenters. The zero-order valence-corrected chi connectivity index (χ0v) is 16.2. The molecule has 1 saturated carbocycles. The average Bonchev–Trinajstić information content (AvgIpc) is 2.97. The highest BCUT2D eigenvalue weighted by molar-refractivity contribution is 5.66. The minimum atomic E-state index is -0.173. The van der Waals surface area contributed by atoms with Gasteiger partial charge in [-0.15, -0.1) is 0 Å². The Morgan fingerprint density at radius 2 is 2.04 bits per heavy atom. The molecule has 1 aromatic carbocycles. The lowest BCUT2D eigenvalue weighted by molar-refractivity contribution is -0.146. The second-order valence-corrected chi connectivity index (χ2v) is 8.98. The summed E-state index contributed by atoms with van der Waals surface area (Å²) < 4.78 is 5.46. The third-order valence-electron chi connectivity index (χ3n) is 7.61. The predicted molar refractivity (Wildman–Crippen MR) is 101 cm³/mol. The Morgan fingerprint density at radius 1 is 1.23 bits per heavy atom. The molecule has 1 fully saturated rings. The predicted octanol–water partition coefficient (Wildman–Crippen LogP) is 4.39. The maximum Gasteiger partial charge on any atom is 0.302 e. The van der Waals surface area contributed by atoms with Crippen molar-refractivity contribution in [3.05, 3.63) is 34.4 Å². The van der Waals surface area contributed by atoms with E-state index < -0.39 is 0 Å². The number of carbonyl (C=O) groups excluding carboxylic acids is 2. The van der Waals surface area contributed by atoms with Gasteiger partial charge in [-0.3, -0.25) is 4.79 Å². The third kappa shape index (κ3) is 2.71. The molecule has 0 radical (unpaired) electrons. The first-order valence-electron chi connectivity index (χ1n) is 10.2. The van der Waals surface area contributed by atoms with E-state index in [0.29, 0.717) is 11.8 Å². The molecule has 3 heteroatoms. The van der Waals surface area contributed by atoms with Crippen LogP contribution in [0.15, 0.2) is 12.1 Å². The van der Waals surface area contributed by atoms with Crippen molar-refractivity contribution in [3.8, 4) is 0 Å². The molecule has 3 aliphatic rings. The topological polar surface area (TPSA) is 43.4 Å². The minimum absolute atomic E-state index is 0.0382. The number of benzene rings is 1. The van der Waals surface area contributed by atoms with E-state index in [1.807, 2.05) is 0 Å². The number of ether oxygens (including phenoxy) is 1. The van der Waals surface area contributed by atoms with Gasteiger partial charge in [-0.25, -0.2) is 0 Å². The van der Waals surface area contributed by atoms with Crippen LogP contribution < -0.4 is 0 Å². The van der Waals surface area contributed by atoms with E-state index in [-0.39, 0.29) is 23.4 Å². The van der Waals surface area contributed by atoms with Crippen LogP contribution in [-0.2, 0) is 33.6 Å². The molecule has 0 bridgehead atoms. The molecule has 3 aliphatic carbocycles. The highest BCUT2D eigenvalue weighted by Gasteiger charge is 2.51. The van der Waals surface area contributed by atoms with Crippen molar-refractivity contribution in [2.45, 2.75) is 77.7 Å². The zero-order valence-electron chi connectivity index (χ0n) is 16.2. The van der Waals surface area contributed by atoms with Crippen molar-refractivity contribution >= 4 is 12.3 Å². The second-order valence-electron chi connectivity index (χ2n) is 8.98. The molecule has 4 rings (SSSR count). The molecular weight excluding hydrogens is 324 g/mol. The molecule has 0 amide bonds. The van der Waals surface area contributed by atoms with Crippen LogP contribution in [0.5, 0.6) is 0 Å². The molecule has 0 aliphatic heterocycles. The molecule has 3 nitrogen and oxygen atoms in total. The van der Waals surface area contributed by atoms with E-state index >= 15 is 0 Å². The average molecular weight is 354 g/mol. The molecule has 140 valence electrons. The van der Waals surface area contributed by atoms with Crippen molar-refractivity contribution in [3.63, 3.8) is 0 Å². The van der Waals surface area contributed by atoms with Gasteiger partial charge in [-0.05, 0) is 78.0 Å². The maximum absolute atomic E-state index is 11.4. The fraction of sp³-hybridized carbons (Fsp3) is 0.652. The van der Waals surface area contributed by atoms with Crippen LogP contribution in [-0.4, -0.2) is 18.4 Å².